The van der Waals surface area contributed by atoms with Crippen molar-refractivity contribution in [1.82, 2.24) is 9.88 Å². The van der Waals surface area contributed by atoms with E-state index in [9.17, 15) is 8.42 Å². The fourth-order valence-corrected chi connectivity index (χ4v) is 6.01. The molecule has 202 valence electrons. The molecule has 10 nitrogen and oxygen atoms in total. The summed E-state index contributed by atoms with van der Waals surface area (Å²) in [4.78, 5) is 12.9. The van der Waals surface area contributed by atoms with Gasteiger partial charge in [-0.25, -0.2) is 13.4 Å². The third kappa shape index (κ3) is 4.72. The van der Waals surface area contributed by atoms with E-state index in [1.165, 1.54) is 0 Å². The highest BCUT2D eigenvalue weighted by Crippen LogP contribution is 2.38. The van der Waals surface area contributed by atoms with Crippen molar-refractivity contribution in [3.8, 4) is 5.75 Å². The third-order valence-corrected chi connectivity index (χ3v) is 9.34. The molecule has 2 aliphatic heterocycles. The average molecular weight is 538 g/mol. The lowest BCUT2D eigenvalue weighted by molar-refractivity contribution is 0.312. The van der Waals surface area contributed by atoms with E-state index in [1.54, 1.807) is 51.4 Å². The average Bonchev–Trinajstić information content (AvgIpc) is 3.37. The van der Waals surface area contributed by atoms with Gasteiger partial charge in [-0.2, -0.15) is 0 Å². The minimum absolute atomic E-state index is 0.209. The predicted molar refractivity (Wildman–Crippen MR) is 152 cm³/mol. The summed E-state index contributed by atoms with van der Waals surface area (Å²) in [6.07, 6.45) is 1.78. The monoisotopic (exact) mass is 537 g/mol. The largest absolute Gasteiger partial charge is 0.496 e. The van der Waals surface area contributed by atoms with Gasteiger partial charge >= 0.3 is 0 Å². The molecule has 1 saturated heterocycles. The number of likely N-dealkylation sites (N-methyl/N-ethyl adjacent to an activating group) is 1. The number of hydrogen-bond donors (Lipinski definition) is 4. The summed E-state index contributed by atoms with van der Waals surface area (Å²) in [5.41, 5.74) is 10.5. The molecule has 1 unspecified atom stereocenters. The van der Waals surface area contributed by atoms with Gasteiger partial charge in [0.1, 0.15) is 11.4 Å². The van der Waals surface area contributed by atoms with Gasteiger partial charge in [-0.15, -0.1) is 0 Å². The first-order valence-corrected chi connectivity index (χ1v) is 14.2. The molecule has 0 radical (unpaired) electrons. The Labute approximate surface area is 223 Å². The lowest BCUT2D eigenvalue weighted by Crippen LogP contribution is -2.47. The summed E-state index contributed by atoms with van der Waals surface area (Å²) in [7, 11) is 0.215. The highest BCUT2D eigenvalue weighted by molar-refractivity contribution is 7.92. The van der Waals surface area contributed by atoms with E-state index in [0.717, 1.165) is 37.6 Å². The first-order valence-electron chi connectivity index (χ1n) is 12.7. The molecule has 2 aromatic carbocycles. The molecule has 3 aromatic rings. The second-order valence-electron chi connectivity index (χ2n) is 10.0. The zero-order valence-corrected chi connectivity index (χ0v) is 23.0. The number of amidine groups is 1. The first-order chi connectivity index (χ1) is 18.1. The summed E-state index contributed by atoms with van der Waals surface area (Å²) in [6, 6.07) is 14.7. The Morgan fingerprint density at radius 2 is 1.84 bits per heavy atom. The van der Waals surface area contributed by atoms with E-state index >= 15 is 0 Å². The summed E-state index contributed by atoms with van der Waals surface area (Å²) in [6.45, 7) is 7.19. The standard InChI is InChI=1S/C27H35N7O3S/c1-18(2)38(35,36)24-8-6-5-7-21(24)30-26-25-22(11-12-29-25)31-27(28,32-26)20-10-9-19(17-23(20)37-4)34-15-13-33(3)14-16-34/h5-12,17-18,29,31H,13-16,28H2,1-4H3,(H,30,32). The molecule has 0 aliphatic carbocycles. The number of aromatic amines is 1. The van der Waals surface area contributed by atoms with Gasteiger partial charge in [0.25, 0.3) is 0 Å². The van der Waals surface area contributed by atoms with Crippen LogP contribution in [0, 0.1) is 0 Å². The Balaban J connectivity index is 1.54. The number of anilines is 3. The van der Waals surface area contributed by atoms with Crippen LogP contribution < -0.4 is 26.0 Å². The SMILES string of the molecule is COc1cc(N2CCN(C)CC2)ccc1C1(N)N=C(Nc2ccccc2S(=O)(=O)C(C)C)c2[nH]ccc2N1. The molecular formula is C27H35N7O3S. The highest BCUT2D eigenvalue weighted by Gasteiger charge is 2.37. The molecule has 3 heterocycles. The van der Waals surface area contributed by atoms with E-state index in [4.69, 9.17) is 15.5 Å². The lowest BCUT2D eigenvalue weighted by Gasteiger charge is -2.36. The Morgan fingerprint density at radius 3 is 2.55 bits per heavy atom. The summed E-state index contributed by atoms with van der Waals surface area (Å²) >= 11 is 0. The zero-order valence-electron chi connectivity index (χ0n) is 22.2. The van der Waals surface area contributed by atoms with Gasteiger partial charge in [0, 0.05) is 44.1 Å². The maximum atomic E-state index is 13.1. The van der Waals surface area contributed by atoms with Crippen LogP contribution in [-0.2, 0) is 15.6 Å². The molecule has 0 bridgehead atoms. The molecule has 0 amide bonds. The minimum atomic E-state index is -3.54. The molecule has 1 atom stereocenters. The van der Waals surface area contributed by atoms with Crippen molar-refractivity contribution in [2.24, 2.45) is 10.7 Å². The molecule has 0 spiro atoms. The van der Waals surface area contributed by atoms with Crippen molar-refractivity contribution < 1.29 is 13.2 Å². The predicted octanol–water partition coefficient (Wildman–Crippen LogP) is 3.01. The van der Waals surface area contributed by atoms with Gasteiger partial charge < -0.3 is 30.2 Å². The van der Waals surface area contributed by atoms with Crippen LogP contribution in [0.2, 0.25) is 0 Å². The van der Waals surface area contributed by atoms with Crippen LogP contribution in [0.25, 0.3) is 0 Å². The van der Waals surface area contributed by atoms with Crippen molar-refractivity contribution in [1.29, 1.82) is 0 Å². The van der Waals surface area contributed by atoms with Gasteiger partial charge in [0.05, 0.1) is 34.2 Å². The van der Waals surface area contributed by atoms with Crippen LogP contribution in [0.3, 0.4) is 0 Å². The number of hydrogen-bond acceptors (Lipinski definition) is 9. The molecule has 11 heteroatoms. The second-order valence-corrected chi connectivity index (χ2v) is 12.5. The van der Waals surface area contributed by atoms with Crippen LogP contribution in [0.5, 0.6) is 5.75 Å². The number of piperazine rings is 1. The molecule has 1 fully saturated rings. The van der Waals surface area contributed by atoms with E-state index in [2.05, 4.69) is 32.5 Å². The molecule has 38 heavy (non-hydrogen) atoms. The van der Waals surface area contributed by atoms with Crippen molar-refractivity contribution in [3.05, 3.63) is 66.0 Å². The van der Waals surface area contributed by atoms with Crippen molar-refractivity contribution in [3.63, 3.8) is 0 Å². The number of nitrogens with two attached hydrogens (primary N) is 1. The number of sulfone groups is 1. The number of fused-ring (bicyclic) bond motifs is 1. The summed E-state index contributed by atoms with van der Waals surface area (Å²) < 4.78 is 31.9. The van der Waals surface area contributed by atoms with Gasteiger partial charge in [-0.05, 0) is 51.2 Å². The maximum Gasteiger partial charge on any atom is 0.215 e. The lowest BCUT2D eigenvalue weighted by atomic mass is 10.0. The van der Waals surface area contributed by atoms with E-state index in [0.29, 0.717) is 28.5 Å². The van der Waals surface area contributed by atoms with Crippen molar-refractivity contribution >= 4 is 32.7 Å². The second kappa shape index (κ2) is 9.97. The Morgan fingerprint density at radius 1 is 1.11 bits per heavy atom. The smallest absolute Gasteiger partial charge is 0.215 e. The van der Waals surface area contributed by atoms with Gasteiger partial charge in [0.15, 0.2) is 15.7 Å². The number of nitrogens with zero attached hydrogens (tertiary/aromatic N) is 3. The third-order valence-electron chi connectivity index (χ3n) is 7.13. The number of ether oxygens (including phenoxy) is 1. The fourth-order valence-electron chi connectivity index (χ4n) is 4.81. The molecule has 2 aliphatic rings. The number of aliphatic imine (C=N–C) groups is 1. The highest BCUT2D eigenvalue weighted by atomic mass is 32.2. The number of H-pyrrole nitrogens is 1. The van der Waals surface area contributed by atoms with Crippen LogP contribution in [0.1, 0.15) is 25.1 Å². The molecule has 5 rings (SSSR count). The first kappa shape index (κ1) is 26.1. The molecular weight excluding hydrogens is 502 g/mol. The normalized spacial score (nSPS) is 20.1. The summed E-state index contributed by atoms with van der Waals surface area (Å²) in [5, 5.41) is 6.01. The van der Waals surface area contributed by atoms with Crippen LogP contribution in [0.15, 0.2) is 64.6 Å². The van der Waals surface area contributed by atoms with E-state index in [-0.39, 0.29) is 4.90 Å². The van der Waals surface area contributed by atoms with Crippen LogP contribution >= 0.6 is 0 Å². The molecule has 5 N–H and O–H groups in total. The number of para-hydroxylation sites is 1. The topological polar surface area (TPSA) is 128 Å². The summed E-state index contributed by atoms with van der Waals surface area (Å²) in [5.74, 6) is -0.334. The minimum Gasteiger partial charge on any atom is -0.496 e. The molecule has 1 aromatic heterocycles. The van der Waals surface area contributed by atoms with Crippen molar-refractivity contribution in [2.75, 3.05) is 55.9 Å². The van der Waals surface area contributed by atoms with Crippen LogP contribution in [-0.4, -0.2) is 69.7 Å². The number of rotatable bonds is 6. The molecule has 0 saturated carbocycles. The number of aromatic nitrogens is 1. The van der Waals surface area contributed by atoms with E-state index < -0.39 is 20.9 Å². The zero-order chi connectivity index (χ0) is 27.1. The van der Waals surface area contributed by atoms with Gasteiger partial charge in [-0.1, -0.05) is 12.1 Å². The van der Waals surface area contributed by atoms with Gasteiger partial charge in [-0.3, -0.25) is 5.73 Å². The van der Waals surface area contributed by atoms with Crippen molar-refractivity contribution in [2.45, 2.75) is 29.8 Å². The number of methoxy groups -OCH3 is 1. The number of nitrogens with one attached hydrogen (secondary N) is 3. The Hall–Kier alpha value is -3.54. The quantitative estimate of drug-likeness (QED) is 0.378. The number of benzene rings is 2. The Kier molecular flexibility index (Phi) is 6.84. The van der Waals surface area contributed by atoms with E-state index in [1.807, 2.05) is 24.3 Å². The fraction of sp³-hybridized carbons (Fsp3) is 0.370. The van der Waals surface area contributed by atoms with Gasteiger partial charge in [0.2, 0.25) is 5.79 Å². The Bertz CT molecular complexity index is 1460. The maximum absolute atomic E-state index is 13.1. The van der Waals surface area contributed by atoms with Crippen LogP contribution in [0.4, 0.5) is 17.1 Å².